The van der Waals surface area contributed by atoms with Gasteiger partial charge in [0.05, 0.1) is 29.4 Å². The van der Waals surface area contributed by atoms with Crippen molar-refractivity contribution in [2.24, 2.45) is 23.7 Å². The highest BCUT2D eigenvalue weighted by atomic mass is 32.1. The zero-order valence-electron chi connectivity index (χ0n) is 27.1. The third-order valence-corrected chi connectivity index (χ3v) is 11.9. The number of hydrogen-bond acceptors (Lipinski definition) is 10. The lowest BCUT2D eigenvalue weighted by Gasteiger charge is -2.31. The number of esters is 2. The van der Waals surface area contributed by atoms with Gasteiger partial charge in [-0.3, -0.25) is 19.2 Å². The molecule has 10 nitrogen and oxygen atoms in total. The minimum Gasteiger partial charge on any atom is -0.393 e. The lowest BCUT2D eigenvalue weighted by Crippen LogP contribution is -2.41. The van der Waals surface area contributed by atoms with Gasteiger partial charge in [-0.15, -0.1) is 21.5 Å². The minimum absolute atomic E-state index is 0.288. The number of carbonyl (C=O) groups is 4. The van der Waals surface area contributed by atoms with Crippen molar-refractivity contribution in [3.05, 3.63) is 39.7 Å². The summed E-state index contributed by atoms with van der Waals surface area (Å²) in [6, 6.07) is 8.08. The molecular weight excluding hydrogens is 635 g/mol. The molecular formula is C35H43N5O5S2. The van der Waals surface area contributed by atoms with Crippen LogP contribution in [0.25, 0.3) is 11.3 Å². The summed E-state index contributed by atoms with van der Waals surface area (Å²) in [7, 11) is 0. The fourth-order valence-electron chi connectivity index (χ4n) is 7.33. The summed E-state index contributed by atoms with van der Waals surface area (Å²) in [5.41, 5.74) is 2.95. The van der Waals surface area contributed by atoms with E-state index in [2.05, 4.69) is 25.8 Å². The molecule has 4 unspecified atom stereocenters. The maximum atomic E-state index is 13.5. The topological polar surface area (TPSA) is 140 Å². The number of aromatic nitrogens is 3. The second kappa shape index (κ2) is 15.1. The number of anilines is 2. The van der Waals surface area contributed by atoms with Gasteiger partial charge in [-0.1, -0.05) is 86.1 Å². The Morgan fingerprint density at radius 3 is 1.79 bits per heavy atom. The zero-order chi connectivity index (χ0) is 32.9. The van der Waals surface area contributed by atoms with Gasteiger partial charge in [0.25, 0.3) is 0 Å². The third kappa shape index (κ3) is 7.97. The number of nitrogens with one attached hydrogen (secondary N) is 2. The fourth-order valence-corrected chi connectivity index (χ4v) is 9.08. The van der Waals surface area contributed by atoms with Crippen LogP contribution < -0.4 is 10.6 Å². The predicted octanol–water partition coefficient (Wildman–Crippen LogP) is 7.59. The zero-order valence-corrected chi connectivity index (χ0v) is 28.7. The molecule has 47 heavy (non-hydrogen) atoms. The van der Waals surface area contributed by atoms with Crippen LogP contribution in [-0.2, 0) is 23.9 Å². The Morgan fingerprint density at radius 1 is 0.660 bits per heavy atom. The van der Waals surface area contributed by atoms with Gasteiger partial charge in [-0.05, 0) is 52.4 Å². The van der Waals surface area contributed by atoms with Crippen LogP contribution in [0.5, 0.6) is 0 Å². The number of ether oxygens (including phenoxy) is 1. The molecule has 3 aliphatic carbocycles. The molecule has 6 rings (SSSR count). The SMILES string of the molecule is Cc1ccc(-c2nc(NC(=O)C3CCCCC3C(=O)OC(=O)C3CCCCC3C(=O)Nc3nnc(C4CCCCC4)s3)sc2C)cc1. The molecule has 0 spiro atoms. The average Bonchev–Trinajstić information content (AvgIpc) is 3.71. The predicted molar refractivity (Wildman–Crippen MR) is 182 cm³/mol. The van der Waals surface area contributed by atoms with Crippen molar-refractivity contribution >= 4 is 56.7 Å². The fraction of sp³-hybridized carbons (Fsp3) is 0.571. The number of nitrogens with zero attached hydrogens (tertiary/aromatic N) is 3. The van der Waals surface area contributed by atoms with E-state index in [0.717, 1.165) is 65.2 Å². The summed E-state index contributed by atoms with van der Waals surface area (Å²) in [5.74, 6) is -4.26. The molecule has 2 N–H and O–H groups in total. The molecule has 3 aromatic rings. The van der Waals surface area contributed by atoms with Gasteiger partial charge >= 0.3 is 11.9 Å². The molecule has 1 aromatic carbocycles. The maximum Gasteiger partial charge on any atom is 0.317 e. The monoisotopic (exact) mass is 677 g/mol. The number of amides is 2. The molecule has 250 valence electrons. The van der Waals surface area contributed by atoms with Crippen molar-refractivity contribution in [1.82, 2.24) is 15.2 Å². The summed E-state index contributed by atoms with van der Waals surface area (Å²) in [6.45, 7) is 4.00. The Kier molecular flexibility index (Phi) is 10.8. The number of benzene rings is 1. The van der Waals surface area contributed by atoms with Gasteiger partial charge < -0.3 is 15.4 Å². The van der Waals surface area contributed by atoms with Crippen LogP contribution in [-0.4, -0.2) is 38.9 Å². The maximum absolute atomic E-state index is 13.5. The molecule has 3 saturated carbocycles. The summed E-state index contributed by atoms with van der Waals surface area (Å²) >= 11 is 2.81. The molecule has 0 saturated heterocycles. The Labute approximate surface area is 283 Å². The van der Waals surface area contributed by atoms with Crippen LogP contribution in [0, 0.1) is 37.5 Å². The van der Waals surface area contributed by atoms with Crippen molar-refractivity contribution in [2.45, 2.75) is 103 Å². The molecule has 2 amide bonds. The standard InChI is InChI=1S/C35H43N5O5S2/c1-20-16-18-22(19-17-20)28-21(2)46-34(36-28)37-29(41)24-12-6-8-14-26(24)32(43)45-33(44)27-15-9-7-13-25(27)30(42)38-35-40-39-31(47-35)23-10-4-3-5-11-23/h16-19,23-27H,3-15H2,1-2H3,(H,36,37,41)(H,38,40,42). The number of aryl methyl sites for hydroxylation is 2. The smallest absolute Gasteiger partial charge is 0.317 e. The molecule has 0 radical (unpaired) electrons. The van der Waals surface area contributed by atoms with Crippen LogP contribution >= 0.6 is 22.7 Å². The van der Waals surface area contributed by atoms with Crippen molar-refractivity contribution < 1.29 is 23.9 Å². The first-order chi connectivity index (χ1) is 22.8. The molecule has 12 heteroatoms. The van der Waals surface area contributed by atoms with Gasteiger partial charge in [0.1, 0.15) is 5.01 Å². The third-order valence-electron chi connectivity index (χ3n) is 9.99. The normalized spacial score (nSPS) is 23.5. The highest BCUT2D eigenvalue weighted by molar-refractivity contribution is 7.16. The largest absolute Gasteiger partial charge is 0.393 e. The van der Waals surface area contributed by atoms with Crippen LogP contribution in [0.15, 0.2) is 24.3 Å². The summed E-state index contributed by atoms with van der Waals surface area (Å²) in [6.07, 6.45) is 10.9. The Hall–Kier alpha value is -3.51. The van der Waals surface area contributed by atoms with Gasteiger partial charge in [0, 0.05) is 16.4 Å². The van der Waals surface area contributed by atoms with Gasteiger partial charge in [-0.25, -0.2) is 4.98 Å². The Morgan fingerprint density at radius 2 is 1.19 bits per heavy atom. The van der Waals surface area contributed by atoms with E-state index >= 15 is 0 Å². The van der Waals surface area contributed by atoms with E-state index in [4.69, 9.17) is 4.74 Å². The summed E-state index contributed by atoms with van der Waals surface area (Å²) in [5, 5.41) is 16.3. The second-order valence-corrected chi connectivity index (χ2v) is 15.5. The molecule has 2 heterocycles. The van der Waals surface area contributed by atoms with Crippen molar-refractivity contribution in [2.75, 3.05) is 10.6 Å². The lowest BCUT2D eigenvalue weighted by molar-refractivity contribution is -0.170. The first-order valence-electron chi connectivity index (χ1n) is 17.0. The number of rotatable bonds is 8. The van der Waals surface area contributed by atoms with Gasteiger partial charge in [0.15, 0.2) is 5.13 Å². The van der Waals surface area contributed by atoms with Crippen LogP contribution in [0.2, 0.25) is 0 Å². The van der Waals surface area contributed by atoms with Gasteiger partial charge in [-0.2, -0.15) is 0 Å². The molecule has 0 aliphatic heterocycles. The van der Waals surface area contributed by atoms with Crippen LogP contribution in [0.1, 0.15) is 105 Å². The van der Waals surface area contributed by atoms with E-state index in [1.54, 1.807) is 0 Å². The van der Waals surface area contributed by atoms with Crippen molar-refractivity contribution in [3.8, 4) is 11.3 Å². The van der Waals surface area contributed by atoms with E-state index in [1.165, 1.54) is 41.9 Å². The summed E-state index contributed by atoms with van der Waals surface area (Å²) < 4.78 is 5.49. The first-order valence-corrected chi connectivity index (χ1v) is 18.6. The van der Waals surface area contributed by atoms with E-state index in [-0.39, 0.29) is 11.8 Å². The van der Waals surface area contributed by atoms with E-state index in [0.29, 0.717) is 41.9 Å². The number of thiazole rings is 1. The van der Waals surface area contributed by atoms with Crippen molar-refractivity contribution in [3.63, 3.8) is 0 Å². The second-order valence-electron chi connectivity index (χ2n) is 13.3. The van der Waals surface area contributed by atoms with Gasteiger partial charge in [0.2, 0.25) is 16.9 Å². The Balaban J connectivity index is 1.07. The summed E-state index contributed by atoms with van der Waals surface area (Å²) in [4.78, 5) is 59.4. The minimum atomic E-state index is -0.735. The number of carbonyl (C=O) groups excluding carboxylic acids is 4. The quantitative estimate of drug-likeness (QED) is 0.184. The number of hydrogen-bond donors (Lipinski definition) is 2. The average molecular weight is 678 g/mol. The molecule has 3 fully saturated rings. The highest BCUT2D eigenvalue weighted by Crippen LogP contribution is 2.38. The van der Waals surface area contributed by atoms with Crippen LogP contribution in [0.4, 0.5) is 10.3 Å². The van der Waals surface area contributed by atoms with Crippen LogP contribution in [0.3, 0.4) is 0 Å². The van der Waals surface area contributed by atoms with E-state index in [9.17, 15) is 19.2 Å². The first kappa shape index (κ1) is 33.4. The highest BCUT2D eigenvalue weighted by Gasteiger charge is 2.42. The molecule has 4 atom stereocenters. The molecule has 0 bridgehead atoms. The van der Waals surface area contributed by atoms with E-state index in [1.807, 2.05) is 38.1 Å². The Bertz CT molecular complexity index is 1600. The molecule has 3 aliphatic rings. The lowest BCUT2D eigenvalue weighted by atomic mass is 9.78. The van der Waals surface area contributed by atoms with Crippen molar-refractivity contribution in [1.29, 1.82) is 0 Å². The van der Waals surface area contributed by atoms with E-state index < -0.39 is 35.6 Å². The molecule has 2 aromatic heterocycles.